The van der Waals surface area contributed by atoms with Crippen molar-refractivity contribution in [2.75, 3.05) is 11.9 Å². The van der Waals surface area contributed by atoms with Gasteiger partial charge < -0.3 is 15.7 Å². The van der Waals surface area contributed by atoms with Crippen molar-refractivity contribution in [3.8, 4) is 0 Å². The van der Waals surface area contributed by atoms with Gasteiger partial charge in [-0.05, 0) is 48.8 Å². The number of carbonyl (C=O) groups excluding carboxylic acids is 1. The number of carboxylic acid groups (broad SMARTS) is 1. The number of nitrogens with one attached hydrogen (secondary N) is 2. The summed E-state index contributed by atoms with van der Waals surface area (Å²) in [5.74, 6) is 0.509. The third-order valence-electron chi connectivity index (χ3n) is 3.85. The zero-order valence-electron chi connectivity index (χ0n) is 12.3. The van der Waals surface area contributed by atoms with Crippen LogP contribution >= 0.6 is 0 Å². The number of carbonyl (C=O) groups is 2. The van der Waals surface area contributed by atoms with Gasteiger partial charge in [0.25, 0.3) is 0 Å². The molecular weight excluding hydrogens is 268 g/mol. The fourth-order valence-corrected chi connectivity index (χ4v) is 2.27. The first kappa shape index (κ1) is 15.4. The number of aryl methyl sites for hydroxylation is 1. The molecule has 21 heavy (non-hydrogen) atoms. The van der Waals surface area contributed by atoms with Gasteiger partial charge in [-0.25, -0.2) is 4.79 Å². The van der Waals surface area contributed by atoms with Crippen LogP contribution in [-0.4, -0.2) is 23.7 Å². The molecule has 5 heteroatoms. The van der Waals surface area contributed by atoms with Crippen molar-refractivity contribution in [2.24, 2.45) is 11.8 Å². The van der Waals surface area contributed by atoms with Crippen molar-refractivity contribution < 1.29 is 14.7 Å². The molecular formula is C16H22N2O3. The van der Waals surface area contributed by atoms with Gasteiger partial charge in [0.1, 0.15) is 0 Å². The van der Waals surface area contributed by atoms with Crippen LogP contribution in [0.5, 0.6) is 0 Å². The molecule has 1 aromatic rings. The smallest absolute Gasteiger partial charge is 0.319 e. The topological polar surface area (TPSA) is 78.4 Å². The lowest BCUT2D eigenvalue weighted by Gasteiger charge is -2.12. The summed E-state index contributed by atoms with van der Waals surface area (Å²) in [6.07, 6.45) is 3.18. The normalized spacial score (nSPS) is 15.3. The molecule has 1 unspecified atom stereocenters. The minimum atomic E-state index is -0.804. The molecule has 0 heterocycles. The first-order valence-corrected chi connectivity index (χ1v) is 7.40. The molecule has 0 saturated heterocycles. The zero-order valence-corrected chi connectivity index (χ0v) is 12.3. The van der Waals surface area contributed by atoms with Crippen LogP contribution in [0.15, 0.2) is 24.3 Å². The molecule has 2 rings (SSSR count). The number of anilines is 1. The van der Waals surface area contributed by atoms with Gasteiger partial charge in [0, 0.05) is 18.7 Å². The monoisotopic (exact) mass is 290 g/mol. The maximum atomic E-state index is 11.8. The van der Waals surface area contributed by atoms with Crippen molar-refractivity contribution in [3.63, 3.8) is 0 Å². The van der Waals surface area contributed by atoms with Crippen LogP contribution in [-0.2, 0) is 11.2 Å². The number of carboxylic acids is 1. The van der Waals surface area contributed by atoms with Gasteiger partial charge in [0.15, 0.2) is 0 Å². The molecule has 0 bridgehead atoms. The maximum absolute atomic E-state index is 11.8. The summed E-state index contributed by atoms with van der Waals surface area (Å²) in [5, 5.41) is 14.3. The van der Waals surface area contributed by atoms with E-state index < -0.39 is 5.97 Å². The third kappa shape index (κ3) is 5.45. The minimum Gasteiger partial charge on any atom is -0.481 e. The van der Waals surface area contributed by atoms with Crippen LogP contribution in [0, 0.1) is 11.8 Å². The van der Waals surface area contributed by atoms with Gasteiger partial charge in [-0.1, -0.05) is 19.1 Å². The molecule has 2 amide bonds. The molecule has 0 spiro atoms. The van der Waals surface area contributed by atoms with Crippen molar-refractivity contribution in [1.29, 1.82) is 0 Å². The molecule has 1 aromatic carbocycles. The summed E-state index contributed by atoms with van der Waals surface area (Å²) in [5.41, 5.74) is 1.66. The highest BCUT2D eigenvalue weighted by Gasteiger charge is 2.27. The number of benzene rings is 1. The Bertz CT molecular complexity index is 495. The fraction of sp³-hybridized carbons (Fsp3) is 0.500. The molecule has 1 aliphatic rings. The molecule has 5 nitrogen and oxygen atoms in total. The second kappa shape index (κ2) is 7.11. The van der Waals surface area contributed by atoms with Crippen molar-refractivity contribution >= 4 is 17.7 Å². The lowest BCUT2D eigenvalue weighted by atomic mass is 10.1. The Labute approximate surface area is 124 Å². The molecule has 1 aliphatic carbocycles. The zero-order chi connectivity index (χ0) is 15.2. The third-order valence-corrected chi connectivity index (χ3v) is 3.85. The van der Waals surface area contributed by atoms with Gasteiger partial charge in [-0.15, -0.1) is 0 Å². The highest BCUT2D eigenvalue weighted by atomic mass is 16.4. The van der Waals surface area contributed by atoms with Crippen LogP contribution in [0.1, 0.15) is 31.7 Å². The Kier molecular flexibility index (Phi) is 5.20. The average Bonchev–Trinajstić information content (AvgIpc) is 3.28. The van der Waals surface area contributed by atoms with E-state index in [1.54, 1.807) is 12.1 Å². The van der Waals surface area contributed by atoms with Crippen molar-refractivity contribution in [3.05, 3.63) is 29.8 Å². The molecule has 114 valence electrons. The van der Waals surface area contributed by atoms with Crippen LogP contribution < -0.4 is 10.6 Å². The van der Waals surface area contributed by atoms with Gasteiger partial charge >= 0.3 is 12.0 Å². The number of amides is 2. The summed E-state index contributed by atoms with van der Waals surface area (Å²) in [7, 11) is 0. The van der Waals surface area contributed by atoms with Crippen LogP contribution in [0.2, 0.25) is 0 Å². The Hall–Kier alpha value is -2.04. The summed E-state index contributed by atoms with van der Waals surface area (Å²) in [6, 6.07) is 7.07. The van der Waals surface area contributed by atoms with Crippen LogP contribution in [0.4, 0.5) is 10.5 Å². The molecule has 1 saturated carbocycles. The summed E-state index contributed by atoms with van der Waals surface area (Å²) >= 11 is 0. The van der Waals surface area contributed by atoms with E-state index in [-0.39, 0.29) is 12.5 Å². The Morgan fingerprint density at radius 1 is 1.29 bits per heavy atom. The van der Waals surface area contributed by atoms with E-state index >= 15 is 0 Å². The maximum Gasteiger partial charge on any atom is 0.319 e. The predicted molar refractivity (Wildman–Crippen MR) is 81.3 cm³/mol. The largest absolute Gasteiger partial charge is 0.481 e. The van der Waals surface area contributed by atoms with Crippen LogP contribution in [0.3, 0.4) is 0 Å². The van der Waals surface area contributed by atoms with E-state index in [2.05, 4.69) is 17.6 Å². The number of hydrogen-bond donors (Lipinski definition) is 3. The highest BCUT2D eigenvalue weighted by molar-refractivity contribution is 5.89. The van der Waals surface area contributed by atoms with E-state index in [0.29, 0.717) is 24.6 Å². The van der Waals surface area contributed by atoms with Crippen molar-refractivity contribution in [2.45, 2.75) is 32.6 Å². The van der Waals surface area contributed by atoms with E-state index in [4.69, 9.17) is 5.11 Å². The van der Waals surface area contributed by atoms with Gasteiger partial charge in [-0.3, -0.25) is 4.79 Å². The van der Waals surface area contributed by atoms with E-state index in [1.807, 2.05) is 12.1 Å². The Morgan fingerprint density at radius 3 is 2.52 bits per heavy atom. The van der Waals surface area contributed by atoms with Gasteiger partial charge in [0.2, 0.25) is 0 Å². The lowest BCUT2D eigenvalue weighted by molar-refractivity contribution is -0.136. The number of hydrogen-bond acceptors (Lipinski definition) is 2. The first-order valence-electron chi connectivity index (χ1n) is 7.40. The summed E-state index contributed by atoms with van der Waals surface area (Å²) in [4.78, 5) is 22.3. The number of urea groups is 1. The lowest BCUT2D eigenvalue weighted by Crippen LogP contribution is -2.32. The highest BCUT2D eigenvalue weighted by Crippen LogP contribution is 2.36. The molecule has 0 aliphatic heterocycles. The fourth-order valence-electron chi connectivity index (χ4n) is 2.27. The quantitative estimate of drug-likeness (QED) is 0.722. The average molecular weight is 290 g/mol. The number of aliphatic carboxylic acids is 1. The second-order valence-corrected chi connectivity index (χ2v) is 5.74. The SMILES string of the molecule is CC(CNC(=O)Nc1ccc(CCC(=O)O)cc1)C1CC1. The number of rotatable bonds is 7. The molecule has 0 aromatic heterocycles. The molecule has 0 radical (unpaired) electrons. The van der Waals surface area contributed by atoms with E-state index in [9.17, 15) is 9.59 Å². The van der Waals surface area contributed by atoms with Crippen LogP contribution in [0.25, 0.3) is 0 Å². The molecule has 1 fully saturated rings. The van der Waals surface area contributed by atoms with Gasteiger partial charge in [-0.2, -0.15) is 0 Å². The standard InChI is InChI=1S/C16H22N2O3/c1-11(13-5-6-13)10-17-16(21)18-14-7-2-12(3-8-14)4-9-15(19)20/h2-3,7-8,11,13H,4-6,9-10H2,1H3,(H,19,20)(H2,17,18,21). The predicted octanol–water partition coefficient (Wildman–Crippen LogP) is 2.87. The second-order valence-electron chi connectivity index (χ2n) is 5.74. The summed E-state index contributed by atoms with van der Waals surface area (Å²) < 4.78 is 0. The Morgan fingerprint density at radius 2 is 1.95 bits per heavy atom. The molecule has 3 N–H and O–H groups in total. The van der Waals surface area contributed by atoms with Gasteiger partial charge in [0.05, 0.1) is 0 Å². The first-order chi connectivity index (χ1) is 10.0. The summed E-state index contributed by atoms with van der Waals surface area (Å²) in [6.45, 7) is 2.86. The molecule has 1 atom stereocenters. The van der Waals surface area contributed by atoms with Crippen molar-refractivity contribution in [1.82, 2.24) is 5.32 Å². The Balaban J connectivity index is 1.73. The minimum absolute atomic E-state index is 0.117. The van der Waals surface area contributed by atoms with E-state index in [1.165, 1.54) is 12.8 Å². The van der Waals surface area contributed by atoms with E-state index in [0.717, 1.165) is 11.5 Å².